The van der Waals surface area contributed by atoms with E-state index in [0.29, 0.717) is 16.4 Å². The van der Waals surface area contributed by atoms with Crippen LogP contribution in [0.25, 0.3) is 0 Å². The van der Waals surface area contributed by atoms with E-state index < -0.39 is 0 Å². The molecule has 0 aliphatic rings. The molecule has 1 heterocycles. The van der Waals surface area contributed by atoms with Crippen molar-refractivity contribution >= 4 is 23.3 Å². The van der Waals surface area contributed by atoms with Gasteiger partial charge in [-0.15, -0.1) is 0 Å². The van der Waals surface area contributed by atoms with Gasteiger partial charge in [-0.25, -0.2) is 0 Å². The number of nitrogens with zero attached hydrogens (tertiary/aromatic N) is 1. The zero-order valence-electron chi connectivity index (χ0n) is 9.54. The molecule has 0 atom stereocenters. The summed E-state index contributed by atoms with van der Waals surface area (Å²) in [5.74, 6) is 0.326. The highest BCUT2D eigenvalue weighted by Gasteiger charge is 2.10. The molecule has 0 bridgehead atoms. The van der Waals surface area contributed by atoms with Gasteiger partial charge in [0.15, 0.2) is 5.82 Å². The summed E-state index contributed by atoms with van der Waals surface area (Å²) in [6.07, 6.45) is 0. The second-order valence-electron chi connectivity index (χ2n) is 3.85. The molecule has 0 radical (unpaired) electrons. The minimum Gasteiger partial charge on any atom is -0.305 e. The summed E-state index contributed by atoms with van der Waals surface area (Å²) < 4.78 is 0. The minimum absolute atomic E-state index is 0.189. The van der Waals surface area contributed by atoms with Crippen LogP contribution in [0.2, 0.25) is 5.02 Å². The Balaban J connectivity index is 2.20. The number of aromatic amines is 1. The van der Waals surface area contributed by atoms with E-state index in [1.54, 1.807) is 24.3 Å². The Kier molecular flexibility index (Phi) is 3.15. The number of carbonyl (C=O) groups is 1. The molecule has 2 rings (SSSR count). The maximum Gasteiger partial charge on any atom is 0.257 e. The van der Waals surface area contributed by atoms with Gasteiger partial charge in [-0.1, -0.05) is 11.6 Å². The first-order valence-corrected chi connectivity index (χ1v) is 5.53. The molecular formula is C12H12ClN3O. The number of hydrogen-bond acceptors (Lipinski definition) is 2. The maximum absolute atomic E-state index is 11.9. The Morgan fingerprint density at radius 2 is 2.12 bits per heavy atom. The third kappa shape index (κ3) is 2.65. The molecule has 2 N–H and O–H groups in total. The number of aryl methyl sites for hydroxylation is 2. The zero-order chi connectivity index (χ0) is 12.4. The van der Waals surface area contributed by atoms with Gasteiger partial charge in [-0.2, -0.15) is 5.10 Å². The maximum atomic E-state index is 11.9. The van der Waals surface area contributed by atoms with E-state index in [4.69, 9.17) is 11.6 Å². The molecule has 1 aromatic heterocycles. The average molecular weight is 250 g/mol. The standard InChI is InChI=1S/C12H12ClN3O/c1-7-5-9(13)3-4-10(7)12(17)14-11-6-8(2)15-16-11/h3-6H,1-2H3,(H2,14,15,16,17). The second kappa shape index (κ2) is 4.59. The fourth-order valence-electron chi connectivity index (χ4n) is 1.55. The molecule has 0 unspecified atom stereocenters. The van der Waals surface area contributed by atoms with E-state index in [0.717, 1.165) is 11.3 Å². The lowest BCUT2D eigenvalue weighted by atomic mass is 10.1. The van der Waals surface area contributed by atoms with Crippen LogP contribution in [0.15, 0.2) is 24.3 Å². The second-order valence-corrected chi connectivity index (χ2v) is 4.29. The number of aromatic nitrogens is 2. The number of halogens is 1. The number of carbonyl (C=O) groups excluding carboxylic acids is 1. The van der Waals surface area contributed by atoms with Crippen molar-refractivity contribution in [3.05, 3.63) is 46.1 Å². The summed E-state index contributed by atoms with van der Waals surface area (Å²) in [5, 5.41) is 10.0. The van der Waals surface area contributed by atoms with Crippen LogP contribution in [0.3, 0.4) is 0 Å². The number of amides is 1. The van der Waals surface area contributed by atoms with E-state index in [1.807, 2.05) is 13.8 Å². The van der Waals surface area contributed by atoms with Gasteiger partial charge in [-0.05, 0) is 37.6 Å². The number of rotatable bonds is 2. The Bertz CT molecular complexity index is 563. The molecule has 1 aromatic carbocycles. The fraction of sp³-hybridized carbons (Fsp3) is 0.167. The SMILES string of the molecule is Cc1cc(NC(=O)c2ccc(Cl)cc2C)n[nH]1. The Morgan fingerprint density at radius 3 is 2.71 bits per heavy atom. The van der Waals surface area contributed by atoms with E-state index in [-0.39, 0.29) is 5.91 Å². The Hall–Kier alpha value is -1.81. The third-order valence-corrected chi connectivity index (χ3v) is 2.62. The first-order valence-electron chi connectivity index (χ1n) is 5.16. The number of benzene rings is 1. The van der Waals surface area contributed by atoms with E-state index >= 15 is 0 Å². The van der Waals surface area contributed by atoms with Gasteiger partial charge in [0.05, 0.1) is 0 Å². The molecule has 1 amide bonds. The van der Waals surface area contributed by atoms with Crippen molar-refractivity contribution in [2.45, 2.75) is 13.8 Å². The van der Waals surface area contributed by atoms with Crippen LogP contribution in [0.4, 0.5) is 5.82 Å². The van der Waals surface area contributed by atoms with Crippen LogP contribution < -0.4 is 5.32 Å². The molecule has 17 heavy (non-hydrogen) atoms. The molecular weight excluding hydrogens is 238 g/mol. The van der Waals surface area contributed by atoms with Crippen LogP contribution in [-0.2, 0) is 0 Å². The lowest BCUT2D eigenvalue weighted by Crippen LogP contribution is -2.13. The molecule has 0 fully saturated rings. The predicted octanol–water partition coefficient (Wildman–Crippen LogP) is 2.93. The quantitative estimate of drug-likeness (QED) is 0.860. The van der Waals surface area contributed by atoms with Gasteiger partial charge in [0.25, 0.3) is 5.91 Å². The van der Waals surface area contributed by atoms with Gasteiger partial charge in [0.1, 0.15) is 0 Å². The van der Waals surface area contributed by atoms with Crippen LogP contribution in [0.1, 0.15) is 21.6 Å². The van der Waals surface area contributed by atoms with Crippen molar-refractivity contribution in [3.63, 3.8) is 0 Å². The monoisotopic (exact) mass is 249 g/mol. The first kappa shape index (κ1) is 11.7. The lowest BCUT2D eigenvalue weighted by Gasteiger charge is -2.05. The fourth-order valence-corrected chi connectivity index (χ4v) is 1.77. The normalized spacial score (nSPS) is 10.3. The van der Waals surface area contributed by atoms with Crippen molar-refractivity contribution in [2.75, 3.05) is 5.32 Å². The predicted molar refractivity (Wildman–Crippen MR) is 67.5 cm³/mol. The zero-order valence-corrected chi connectivity index (χ0v) is 10.3. The molecule has 88 valence electrons. The van der Waals surface area contributed by atoms with Crippen molar-refractivity contribution in [1.29, 1.82) is 0 Å². The highest BCUT2D eigenvalue weighted by molar-refractivity contribution is 6.30. The summed E-state index contributed by atoms with van der Waals surface area (Å²) in [7, 11) is 0. The number of anilines is 1. The molecule has 0 saturated carbocycles. The molecule has 0 saturated heterocycles. The van der Waals surface area contributed by atoms with E-state index in [2.05, 4.69) is 15.5 Å². The summed E-state index contributed by atoms with van der Waals surface area (Å²) >= 11 is 5.84. The van der Waals surface area contributed by atoms with E-state index in [9.17, 15) is 4.79 Å². The minimum atomic E-state index is -0.189. The molecule has 2 aromatic rings. The molecule has 0 spiro atoms. The molecule has 0 aliphatic heterocycles. The van der Waals surface area contributed by atoms with Gasteiger partial charge >= 0.3 is 0 Å². The highest BCUT2D eigenvalue weighted by Crippen LogP contribution is 2.16. The van der Waals surface area contributed by atoms with Crippen molar-refractivity contribution in [1.82, 2.24) is 10.2 Å². The Morgan fingerprint density at radius 1 is 1.35 bits per heavy atom. The highest BCUT2D eigenvalue weighted by atomic mass is 35.5. The van der Waals surface area contributed by atoms with Gasteiger partial charge < -0.3 is 5.32 Å². The number of H-pyrrole nitrogens is 1. The number of hydrogen-bond donors (Lipinski definition) is 2. The summed E-state index contributed by atoms with van der Waals surface area (Å²) in [4.78, 5) is 11.9. The summed E-state index contributed by atoms with van der Waals surface area (Å²) in [6.45, 7) is 3.72. The number of nitrogens with one attached hydrogen (secondary N) is 2. The molecule has 0 aliphatic carbocycles. The van der Waals surface area contributed by atoms with Crippen LogP contribution in [0.5, 0.6) is 0 Å². The van der Waals surface area contributed by atoms with Gasteiger partial charge in [-0.3, -0.25) is 9.89 Å². The smallest absolute Gasteiger partial charge is 0.257 e. The van der Waals surface area contributed by atoms with Crippen LogP contribution in [-0.4, -0.2) is 16.1 Å². The largest absolute Gasteiger partial charge is 0.305 e. The average Bonchev–Trinajstić information content (AvgIpc) is 2.63. The van der Waals surface area contributed by atoms with Crippen LogP contribution >= 0.6 is 11.6 Å². The summed E-state index contributed by atoms with van der Waals surface area (Å²) in [6, 6.07) is 6.92. The molecule has 5 heteroatoms. The summed E-state index contributed by atoms with van der Waals surface area (Å²) in [5.41, 5.74) is 2.32. The topological polar surface area (TPSA) is 57.8 Å². The van der Waals surface area contributed by atoms with E-state index in [1.165, 1.54) is 0 Å². The molecule has 4 nitrogen and oxygen atoms in total. The van der Waals surface area contributed by atoms with Crippen molar-refractivity contribution in [2.24, 2.45) is 0 Å². The third-order valence-electron chi connectivity index (χ3n) is 2.38. The van der Waals surface area contributed by atoms with Gasteiger partial charge in [0, 0.05) is 22.3 Å². The van der Waals surface area contributed by atoms with Gasteiger partial charge in [0.2, 0.25) is 0 Å². The first-order chi connectivity index (χ1) is 8.06. The lowest BCUT2D eigenvalue weighted by molar-refractivity contribution is 0.102. The van der Waals surface area contributed by atoms with Crippen molar-refractivity contribution in [3.8, 4) is 0 Å². The van der Waals surface area contributed by atoms with Crippen LogP contribution in [0, 0.1) is 13.8 Å². The van der Waals surface area contributed by atoms with Crippen molar-refractivity contribution < 1.29 is 4.79 Å². The Labute approximate surface area is 104 Å².